The van der Waals surface area contributed by atoms with Crippen molar-refractivity contribution in [2.45, 2.75) is 34.6 Å². The standard InChI is InChI=1S/C23H31N3O3/c1-6-25(7-2)20-11-14-22(17(4)15-20)26(18(5)27)16-23(28)24-19-9-12-21(13-10-19)29-8-3/h9-15H,6-8,16H2,1-5H3,(H,24,28). The number of hydrogen-bond donors (Lipinski definition) is 1. The van der Waals surface area contributed by atoms with Crippen LogP contribution in [0.2, 0.25) is 0 Å². The van der Waals surface area contributed by atoms with Gasteiger partial charge < -0.3 is 19.9 Å². The molecule has 0 aromatic heterocycles. The lowest BCUT2D eigenvalue weighted by Gasteiger charge is -2.26. The molecule has 0 saturated heterocycles. The number of aryl methyl sites for hydroxylation is 1. The van der Waals surface area contributed by atoms with E-state index in [1.54, 1.807) is 24.3 Å². The van der Waals surface area contributed by atoms with Gasteiger partial charge in [0.25, 0.3) is 0 Å². The number of carbonyl (C=O) groups excluding carboxylic acids is 2. The number of amides is 2. The maximum atomic E-state index is 12.5. The minimum absolute atomic E-state index is 0.0476. The van der Waals surface area contributed by atoms with E-state index < -0.39 is 0 Å². The Kier molecular flexibility index (Phi) is 8.07. The number of nitrogens with zero attached hydrogens (tertiary/aromatic N) is 2. The fourth-order valence-corrected chi connectivity index (χ4v) is 3.24. The molecule has 0 unspecified atom stereocenters. The van der Waals surface area contributed by atoms with Gasteiger partial charge in [0.05, 0.1) is 6.61 Å². The third-order valence-corrected chi connectivity index (χ3v) is 4.73. The van der Waals surface area contributed by atoms with Gasteiger partial charge in [-0.3, -0.25) is 9.59 Å². The molecule has 1 N–H and O–H groups in total. The van der Waals surface area contributed by atoms with Gasteiger partial charge in [-0.25, -0.2) is 0 Å². The SMILES string of the molecule is CCOc1ccc(NC(=O)CN(C(C)=O)c2ccc(N(CC)CC)cc2C)cc1. The highest BCUT2D eigenvalue weighted by molar-refractivity contribution is 6.02. The van der Waals surface area contributed by atoms with E-state index in [9.17, 15) is 9.59 Å². The van der Waals surface area contributed by atoms with Gasteiger partial charge in [0.15, 0.2) is 0 Å². The highest BCUT2D eigenvalue weighted by atomic mass is 16.5. The molecule has 2 aromatic carbocycles. The zero-order valence-electron chi connectivity index (χ0n) is 18.0. The summed E-state index contributed by atoms with van der Waals surface area (Å²) in [6.07, 6.45) is 0. The lowest BCUT2D eigenvalue weighted by Crippen LogP contribution is -2.37. The molecule has 29 heavy (non-hydrogen) atoms. The highest BCUT2D eigenvalue weighted by Crippen LogP contribution is 2.26. The fourth-order valence-electron chi connectivity index (χ4n) is 3.24. The second-order valence-corrected chi connectivity index (χ2v) is 6.75. The van der Waals surface area contributed by atoms with Crippen molar-refractivity contribution in [1.29, 1.82) is 0 Å². The number of hydrogen-bond acceptors (Lipinski definition) is 4. The van der Waals surface area contributed by atoms with E-state index in [1.807, 2.05) is 26.0 Å². The molecule has 0 bridgehead atoms. The van der Waals surface area contributed by atoms with Crippen LogP contribution in [0.4, 0.5) is 17.1 Å². The predicted octanol–water partition coefficient (Wildman–Crippen LogP) is 4.23. The maximum absolute atomic E-state index is 12.5. The lowest BCUT2D eigenvalue weighted by molar-refractivity contribution is -0.120. The van der Waals surface area contributed by atoms with Crippen LogP contribution in [0.5, 0.6) is 5.75 Å². The molecule has 0 fully saturated rings. The molecule has 0 saturated carbocycles. The molecule has 2 aromatic rings. The van der Waals surface area contributed by atoms with Crippen LogP contribution in [0.3, 0.4) is 0 Å². The quantitative estimate of drug-likeness (QED) is 0.688. The summed E-state index contributed by atoms with van der Waals surface area (Å²) in [5.74, 6) is 0.321. The van der Waals surface area contributed by atoms with Crippen molar-refractivity contribution in [3.05, 3.63) is 48.0 Å². The van der Waals surface area contributed by atoms with E-state index in [1.165, 1.54) is 11.8 Å². The predicted molar refractivity (Wildman–Crippen MR) is 119 cm³/mol. The molecule has 0 radical (unpaired) electrons. The Morgan fingerprint density at radius 1 is 1.00 bits per heavy atom. The summed E-state index contributed by atoms with van der Waals surface area (Å²) < 4.78 is 5.41. The van der Waals surface area contributed by atoms with Crippen molar-refractivity contribution in [3.8, 4) is 5.75 Å². The minimum Gasteiger partial charge on any atom is -0.494 e. The van der Waals surface area contributed by atoms with Crippen LogP contribution < -0.4 is 19.9 Å². The van der Waals surface area contributed by atoms with Crippen LogP contribution in [-0.4, -0.2) is 38.1 Å². The minimum atomic E-state index is -0.253. The van der Waals surface area contributed by atoms with E-state index >= 15 is 0 Å². The molecular formula is C23H31N3O3. The molecule has 0 aliphatic heterocycles. The number of carbonyl (C=O) groups is 2. The van der Waals surface area contributed by atoms with Gasteiger partial charge >= 0.3 is 0 Å². The van der Waals surface area contributed by atoms with Gasteiger partial charge in [0.1, 0.15) is 12.3 Å². The van der Waals surface area contributed by atoms with Crippen molar-refractivity contribution in [3.63, 3.8) is 0 Å². The Morgan fingerprint density at radius 2 is 1.66 bits per heavy atom. The lowest BCUT2D eigenvalue weighted by atomic mass is 10.1. The number of nitrogens with one attached hydrogen (secondary N) is 1. The van der Waals surface area contributed by atoms with Crippen molar-refractivity contribution in [1.82, 2.24) is 0 Å². The van der Waals surface area contributed by atoms with Gasteiger partial charge in [-0.1, -0.05) is 0 Å². The van der Waals surface area contributed by atoms with Gasteiger partial charge in [0, 0.05) is 37.1 Å². The van der Waals surface area contributed by atoms with Crippen molar-refractivity contribution >= 4 is 28.9 Å². The van der Waals surface area contributed by atoms with Crippen LogP contribution in [0.25, 0.3) is 0 Å². The molecule has 156 valence electrons. The summed E-state index contributed by atoms with van der Waals surface area (Å²) >= 11 is 0. The second kappa shape index (κ2) is 10.5. The van der Waals surface area contributed by atoms with E-state index in [4.69, 9.17) is 4.74 Å². The van der Waals surface area contributed by atoms with E-state index in [0.29, 0.717) is 12.3 Å². The molecular weight excluding hydrogens is 366 g/mol. The van der Waals surface area contributed by atoms with Crippen LogP contribution in [0.1, 0.15) is 33.3 Å². The average Bonchev–Trinajstić information content (AvgIpc) is 2.69. The van der Waals surface area contributed by atoms with Gasteiger partial charge in [-0.15, -0.1) is 0 Å². The third-order valence-electron chi connectivity index (χ3n) is 4.73. The van der Waals surface area contributed by atoms with Crippen LogP contribution in [0.15, 0.2) is 42.5 Å². The number of ether oxygens (including phenoxy) is 1. The zero-order chi connectivity index (χ0) is 21.4. The topological polar surface area (TPSA) is 61.9 Å². The summed E-state index contributed by atoms with van der Waals surface area (Å²) in [4.78, 5) is 28.5. The molecule has 0 atom stereocenters. The van der Waals surface area contributed by atoms with Crippen LogP contribution in [0, 0.1) is 6.92 Å². The molecule has 0 aliphatic rings. The molecule has 2 rings (SSSR count). The Morgan fingerprint density at radius 3 is 2.17 bits per heavy atom. The first-order chi connectivity index (χ1) is 13.9. The smallest absolute Gasteiger partial charge is 0.244 e. The summed E-state index contributed by atoms with van der Waals surface area (Å²) in [6, 6.07) is 13.1. The molecule has 0 spiro atoms. The Balaban J connectivity index is 2.13. The molecule has 2 amide bonds. The Bertz CT molecular complexity index is 830. The number of benzene rings is 2. The monoisotopic (exact) mass is 397 g/mol. The third kappa shape index (κ3) is 5.98. The normalized spacial score (nSPS) is 10.4. The van der Waals surface area contributed by atoms with E-state index in [0.717, 1.165) is 35.8 Å². The summed E-state index contributed by atoms with van der Waals surface area (Å²) in [6.45, 7) is 11.9. The van der Waals surface area contributed by atoms with Crippen LogP contribution >= 0.6 is 0 Å². The van der Waals surface area contributed by atoms with Gasteiger partial charge in [-0.05, 0) is 75.7 Å². The Hall–Kier alpha value is -3.02. The fraction of sp³-hybridized carbons (Fsp3) is 0.391. The molecule has 0 aliphatic carbocycles. The number of anilines is 3. The first kappa shape index (κ1) is 22.3. The summed E-state index contributed by atoms with van der Waals surface area (Å²) in [7, 11) is 0. The maximum Gasteiger partial charge on any atom is 0.244 e. The Labute approximate surface area is 173 Å². The highest BCUT2D eigenvalue weighted by Gasteiger charge is 2.18. The van der Waals surface area contributed by atoms with Gasteiger partial charge in [-0.2, -0.15) is 0 Å². The van der Waals surface area contributed by atoms with E-state index in [-0.39, 0.29) is 18.4 Å². The number of rotatable bonds is 9. The van der Waals surface area contributed by atoms with E-state index in [2.05, 4.69) is 30.1 Å². The van der Waals surface area contributed by atoms with Crippen molar-refractivity contribution in [2.24, 2.45) is 0 Å². The van der Waals surface area contributed by atoms with Crippen molar-refractivity contribution in [2.75, 3.05) is 41.4 Å². The largest absolute Gasteiger partial charge is 0.494 e. The second-order valence-electron chi connectivity index (χ2n) is 6.75. The molecule has 6 heteroatoms. The first-order valence-corrected chi connectivity index (χ1v) is 10.1. The summed E-state index contributed by atoms with van der Waals surface area (Å²) in [5, 5.41) is 2.84. The molecule has 6 nitrogen and oxygen atoms in total. The van der Waals surface area contributed by atoms with Gasteiger partial charge in [0.2, 0.25) is 11.8 Å². The summed E-state index contributed by atoms with van der Waals surface area (Å²) in [5.41, 5.74) is 3.47. The average molecular weight is 398 g/mol. The van der Waals surface area contributed by atoms with Crippen LogP contribution in [-0.2, 0) is 9.59 Å². The van der Waals surface area contributed by atoms with Crippen molar-refractivity contribution < 1.29 is 14.3 Å². The zero-order valence-corrected chi connectivity index (χ0v) is 18.0. The first-order valence-electron chi connectivity index (χ1n) is 10.1. The molecule has 0 heterocycles.